The molecule has 1 aliphatic rings. The Morgan fingerprint density at radius 3 is 2.54 bits per heavy atom. The van der Waals surface area contributed by atoms with E-state index in [0.29, 0.717) is 12.8 Å². The van der Waals surface area contributed by atoms with Crippen LogP contribution in [0.4, 0.5) is 24.9 Å². The summed E-state index contributed by atoms with van der Waals surface area (Å²) in [5, 5.41) is 5.86. The number of hydrogen-bond donors (Lipinski definition) is 2. The van der Waals surface area contributed by atoms with E-state index in [1.165, 1.54) is 6.92 Å². The number of nitrogens with one attached hydrogen (secondary N) is 1. The van der Waals surface area contributed by atoms with E-state index in [1.807, 2.05) is 0 Å². The van der Waals surface area contributed by atoms with Gasteiger partial charge in [-0.25, -0.2) is 13.4 Å². The summed E-state index contributed by atoms with van der Waals surface area (Å²) in [7, 11) is -3.72. The molecule has 3 N–H and O–H groups in total. The standard InChI is InChI=1S/C14H17F3N6O2S/c1-3-19-12-10(14(15,16)17)11(20-13(18)21-12)9-6-23(22-7(9)2)26(24,25)8-4-5-8/h6,8H,3-5H2,1-2H3,(H3,18,19,20,21). The van der Waals surface area contributed by atoms with Crippen LogP contribution in [-0.2, 0) is 16.2 Å². The van der Waals surface area contributed by atoms with Gasteiger partial charge in [0.05, 0.1) is 22.8 Å². The number of alkyl halides is 3. The molecule has 0 aromatic carbocycles. The first-order valence-corrected chi connectivity index (χ1v) is 9.35. The molecule has 0 aliphatic heterocycles. The summed E-state index contributed by atoms with van der Waals surface area (Å²) in [5.74, 6) is -0.819. The largest absolute Gasteiger partial charge is 0.422 e. The number of aromatic nitrogens is 4. The molecule has 3 rings (SSSR count). The molecule has 2 aromatic rings. The van der Waals surface area contributed by atoms with Crippen molar-refractivity contribution in [2.75, 3.05) is 17.6 Å². The highest BCUT2D eigenvalue weighted by atomic mass is 32.2. The Hall–Kier alpha value is -2.37. The van der Waals surface area contributed by atoms with Crippen molar-refractivity contribution in [3.63, 3.8) is 0 Å². The van der Waals surface area contributed by atoms with Crippen LogP contribution in [0.25, 0.3) is 11.3 Å². The number of anilines is 2. The molecule has 1 fully saturated rings. The van der Waals surface area contributed by atoms with E-state index in [0.717, 1.165) is 10.3 Å². The van der Waals surface area contributed by atoms with Gasteiger partial charge in [-0.1, -0.05) is 0 Å². The first-order chi connectivity index (χ1) is 12.1. The van der Waals surface area contributed by atoms with Gasteiger partial charge in [-0.2, -0.15) is 27.3 Å². The summed E-state index contributed by atoms with van der Waals surface area (Å²) >= 11 is 0. The second-order valence-corrected chi connectivity index (χ2v) is 8.00. The lowest BCUT2D eigenvalue weighted by atomic mass is 10.1. The van der Waals surface area contributed by atoms with Gasteiger partial charge in [0.2, 0.25) is 5.95 Å². The fourth-order valence-electron chi connectivity index (χ4n) is 2.55. The fraction of sp³-hybridized carbons (Fsp3) is 0.500. The zero-order valence-corrected chi connectivity index (χ0v) is 14.8. The van der Waals surface area contributed by atoms with Crippen molar-refractivity contribution in [2.45, 2.75) is 38.1 Å². The van der Waals surface area contributed by atoms with E-state index < -0.39 is 38.5 Å². The maximum Gasteiger partial charge on any atom is 0.422 e. The molecule has 0 bridgehead atoms. The molecule has 0 atom stereocenters. The molecule has 8 nitrogen and oxygen atoms in total. The molecule has 0 saturated heterocycles. The van der Waals surface area contributed by atoms with Gasteiger partial charge < -0.3 is 11.1 Å². The van der Waals surface area contributed by atoms with E-state index in [9.17, 15) is 21.6 Å². The minimum atomic E-state index is -4.77. The first-order valence-electron chi connectivity index (χ1n) is 7.85. The molecule has 0 amide bonds. The van der Waals surface area contributed by atoms with Gasteiger partial charge in [-0.05, 0) is 26.7 Å². The van der Waals surface area contributed by atoms with Gasteiger partial charge >= 0.3 is 6.18 Å². The third-order valence-corrected chi connectivity index (χ3v) is 5.92. The second kappa shape index (κ2) is 6.11. The highest BCUT2D eigenvalue weighted by Crippen LogP contribution is 2.41. The van der Waals surface area contributed by atoms with E-state index in [1.54, 1.807) is 6.92 Å². The molecular weight excluding hydrogens is 373 g/mol. The minimum absolute atomic E-state index is 0.0604. The summed E-state index contributed by atoms with van der Waals surface area (Å²) in [5.41, 5.74) is 3.99. The summed E-state index contributed by atoms with van der Waals surface area (Å²) in [4.78, 5) is 7.36. The summed E-state index contributed by atoms with van der Waals surface area (Å²) < 4.78 is 66.3. The number of rotatable bonds is 5. The van der Waals surface area contributed by atoms with Gasteiger partial charge in [0.15, 0.2) is 0 Å². The normalized spacial score (nSPS) is 15.3. The average molecular weight is 390 g/mol. The summed E-state index contributed by atoms with van der Waals surface area (Å²) in [6.45, 7) is 3.22. The van der Waals surface area contributed by atoms with Crippen LogP contribution in [0.3, 0.4) is 0 Å². The molecule has 0 spiro atoms. The number of halogens is 3. The third-order valence-electron chi connectivity index (χ3n) is 3.89. The molecule has 2 heterocycles. The molecule has 2 aromatic heterocycles. The summed E-state index contributed by atoms with van der Waals surface area (Å²) in [6.07, 6.45) is -2.70. The minimum Gasteiger partial charge on any atom is -0.370 e. The number of nitrogens with two attached hydrogens (primary N) is 1. The summed E-state index contributed by atoms with van der Waals surface area (Å²) in [6, 6.07) is 0. The fourth-order valence-corrected chi connectivity index (χ4v) is 4.08. The van der Waals surface area contributed by atoms with Gasteiger partial charge in [-0.15, -0.1) is 0 Å². The van der Waals surface area contributed by atoms with Crippen molar-refractivity contribution in [3.05, 3.63) is 17.5 Å². The van der Waals surface area contributed by atoms with Crippen molar-refractivity contribution >= 4 is 21.8 Å². The van der Waals surface area contributed by atoms with Crippen LogP contribution >= 0.6 is 0 Å². The van der Waals surface area contributed by atoms with Crippen LogP contribution in [-0.4, -0.2) is 39.4 Å². The molecule has 26 heavy (non-hydrogen) atoms. The van der Waals surface area contributed by atoms with Gasteiger partial charge in [0.25, 0.3) is 10.0 Å². The number of hydrogen-bond acceptors (Lipinski definition) is 7. The Morgan fingerprint density at radius 2 is 2.00 bits per heavy atom. The van der Waals surface area contributed by atoms with E-state index in [4.69, 9.17) is 5.73 Å². The highest BCUT2D eigenvalue weighted by Gasteiger charge is 2.41. The Bertz CT molecular complexity index is 950. The topological polar surface area (TPSA) is 116 Å². The van der Waals surface area contributed by atoms with Crippen LogP contribution < -0.4 is 11.1 Å². The van der Waals surface area contributed by atoms with Crippen molar-refractivity contribution in [1.82, 2.24) is 19.2 Å². The molecule has 0 unspecified atom stereocenters. The van der Waals surface area contributed by atoms with E-state index in [2.05, 4.69) is 20.4 Å². The van der Waals surface area contributed by atoms with Crippen molar-refractivity contribution in [3.8, 4) is 11.3 Å². The second-order valence-electron chi connectivity index (χ2n) is 5.93. The van der Waals surface area contributed by atoms with Crippen LogP contribution in [0.15, 0.2) is 6.20 Å². The average Bonchev–Trinajstić information content (AvgIpc) is 3.29. The lowest BCUT2D eigenvalue weighted by Gasteiger charge is -2.16. The van der Waals surface area contributed by atoms with Gasteiger partial charge in [0.1, 0.15) is 11.4 Å². The maximum atomic E-state index is 13.7. The third kappa shape index (κ3) is 3.20. The van der Waals surface area contributed by atoms with Crippen LogP contribution in [0.5, 0.6) is 0 Å². The van der Waals surface area contributed by atoms with Crippen LogP contribution in [0, 0.1) is 6.92 Å². The van der Waals surface area contributed by atoms with Gasteiger partial charge in [-0.3, -0.25) is 0 Å². The zero-order chi connectivity index (χ0) is 19.3. The predicted molar refractivity (Wildman–Crippen MR) is 88.9 cm³/mol. The predicted octanol–water partition coefficient (Wildman–Crippen LogP) is 2.02. The Morgan fingerprint density at radius 1 is 1.35 bits per heavy atom. The lowest BCUT2D eigenvalue weighted by Crippen LogP contribution is -2.18. The van der Waals surface area contributed by atoms with E-state index in [-0.39, 0.29) is 23.8 Å². The molecule has 1 aliphatic carbocycles. The van der Waals surface area contributed by atoms with Crippen molar-refractivity contribution in [1.29, 1.82) is 0 Å². The quantitative estimate of drug-likeness (QED) is 0.802. The van der Waals surface area contributed by atoms with E-state index >= 15 is 0 Å². The molecule has 142 valence electrons. The monoisotopic (exact) mass is 390 g/mol. The molecule has 0 radical (unpaired) electrons. The van der Waals surface area contributed by atoms with Crippen LogP contribution in [0.1, 0.15) is 31.0 Å². The zero-order valence-electron chi connectivity index (χ0n) is 14.0. The SMILES string of the molecule is CCNc1nc(N)nc(-c2cn(S(=O)(=O)C3CC3)nc2C)c1C(F)(F)F. The molecular formula is C14H17F3N6O2S. The Labute approximate surface area is 147 Å². The van der Waals surface area contributed by atoms with Crippen molar-refractivity contribution in [2.24, 2.45) is 0 Å². The Kier molecular flexibility index (Phi) is 4.33. The highest BCUT2D eigenvalue weighted by molar-refractivity contribution is 7.90. The van der Waals surface area contributed by atoms with Crippen LogP contribution in [0.2, 0.25) is 0 Å². The Balaban J connectivity index is 2.22. The number of nitrogens with zero attached hydrogens (tertiary/aromatic N) is 4. The lowest BCUT2D eigenvalue weighted by molar-refractivity contribution is -0.136. The maximum absolute atomic E-state index is 13.7. The number of nitrogen functional groups attached to an aromatic ring is 1. The molecule has 12 heteroatoms. The first kappa shape index (κ1) is 18.4. The molecule has 1 saturated carbocycles. The smallest absolute Gasteiger partial charge is 0.370 e. The van der Waals surface area contributed by atoms with Crippen molar-refractivity contribution < 1.29 is 21.6 Å². The van der Waals surface area contributed by atoms with Gasteiger partial charge in [0, 0.05) is 12.1 Å². The number of aryl methyl sites for hydroxylation is 1.